The second-order valence-corrected chi connectivity index (χ2v) is 9.10. The molecule has 0 aliphatic heterocycles. The molecule has 9 heteroatoms. The minimum absolute atomic E-state index is 0.209. The van der Waals surface area contributed by atoms with E-state index in [0.29, 0.717) is 11.3 Å². The highest BCUT2D eigenvalue weighted by Gasteiger charge is 2.12. The number of aromatic nitrogens is 1. The molecule has 0 fully saturated rings. The summed E-state index contributed by atoms with van der Waals surface area (Å²) < 4.78 is 5.27. The van der Waals surface area contributed by atoms with Gasteiger partial charge in [0.2, 0.25) is 0 Å². The van der Waals surface area contributed by atoms with Crippen LogP contribution in [0.1, 0.15) is 37.7 Å². The zero-order valence-electron chi connectivity index (χ0n) is 20.5. The van der Waals surface area contributed by atoms with Gasteiger partial charge in [-0.2, -0.15) is 0 Å². The Hall–Kier alpha value is -2.78. The van der Waals surface area contributed by atoms with Gasteiger partial charge in [-0.25, -0.2) is 4.98 Å². The first-order chi connectivity index (χ1) is 16.4. The van der Waals surface area contributed by atoms with Crippen molar-refractivity contribution in [2.45, 2.75) is 38.6 Å². The fraction of sp³-hybridized carbons (Fsp3) is 0.480. The Morgan fingerprint density at radius 2 is 1.82 bits per heavy atom. The predicted molar refractivity (Wildman–Crippen MR) is 141 cm³/mol. The van der Waals surface area contributed by atoms with Crippen molar-refractivity contribution < 1.29 is 9.66 Å². The highest BCUT2D eigenvalue weighted by Crippen LogP contribution is 2.22. The molecule has 0 atom stereocenters. The number of likely N-dealkylation sites (N-methyl/N-ethyl adjacent to an activating group) is 1. The third-order valence-corrected chi connectivity index (χ3v) is 6.59. The van der Waals surface area contributed by atoms with E-state index in [2.05, 4.69) is 34.0 Å². The lowest BCUT2D eigenvalue weighted by atomic mass is 10.1. The van der Waals surface area contributed by atoms with Crippen LogP contribution in [0, 0.1) is 10.1 Å². The number of pyridine rings is 1. The molecule has 2 rings (SSSR count). The Balaban J connectivity index is 1.76. The van der Waals surface area contributed by atoms with Crippen LogP contribution < -0.4 is 15.4 Å². The summed E-state index contributed by atoms with van der Waals surface area (Å²) in [7, 11) is 3.83. The van der Waals surface area contributed by atoms with Gasteiger partial charge in [-0.3, -0.25) is 5.73 Å². The van der Waals surface area contributed by atoms with Gasteiger partial charge in [0.1, 0.15) is 11.6 Å². The molecule has 1 aromatic carbocycles. The molecule has 0 radical (unpaired) electrons. The number of rotatable bonds is 16. The minimum Gasteiger partial charge on any atom is -0.497 e. The van der Waals surface area contributed by atoms with Crippen molar-refractivity contribution in [2.24, 2.45) is 5.73 Å². The van der Waals surface area contributed by atoms with E-state index in [-0.39, 0.29) is 5.82 Å². The lowest BCUT2D eigenvalue weighted by molar-refractivity contribution is -0.427. The number of methoxy groups -OCH3 is 1. The fourth-order valence-corrected chi connectivity index (χ4v) is 4.26. The van der Waals surface area contributed by atoms with Crippen molar-refractivity contribution in [3.05, 3.63) is 75.1 Å². The van der Waals surface area contributed by atoms with Gasteiger partial charge < -0.3 is 24.7 Å². The lowest BCUT2D eigenvalue weighted by Crippen LogP contribution is -2.34. The minimum atomic E-state index is -0.496. The van der Waals surface area contributed by atoms with Gasteiger partial charge >= 0.3 is 5.82 Å². The van der Waals surface area contributed by atoms with E-state index in [1.165, 1.54) is 17.3 Å². The van der Waals surface area contributed by atoms with Crippen LogP contribution in [0.2, 0.25) is 0 Å². The molecule has 34 heavy (non-hydrogen) atoms. The number of nitrogens with two attached hydrogens (primary N) is 1. The number of thioether (sulfide) groups is 1. The standard InChI is InChI=1S/C25H37N5O3S/c1-28(17-9-5-4-6-10-23(34-3)25(26)30(31)32)18-19-29(24-11-7-8-16-27-24)20-21-12-14-22(33-2)15-13-21/h7-8,11-16H,4-6,9-10,17-20,26H2,1-3H3. The predicted octanol–water partition coefficient (Wildman–Crippen LogP) is 4.75. The summed E-state index contributed by atoms with van der Waals surface area (Å²) in [5, 5.41) is 10.8. The summed E-state index contributed by atoms with van der Waals surface area (Å²) in [6.07, 6.45) is 8.50. The summed E-state index contributed by atoms with van der Waals surface area (Å²) in [6.45, 7) is 3.61. The van der Waals surface area contributed by atoms with Crippen molar-refractivity contribution >= 4 is 17.6 Å². The van der Waals surface area contributed by atoms with Gasteiger partial charge in [0.25, 0.3) is 0 Å². The van der Waals surface area contributed by atoms with E-state index in [0.717, 1.165) is 63.4 Å². The maximum absolute atomic E-state index is 10.8. The quantitative estimate of drug-likeness (QED) is 0.206. The Kier molecular flexibility index (Phi) is 12.3. The molecule has 0 bridgehead atoms. The third kappa shape index (κ3) is 9.61. The topological polar surface area (TPSA) is 97.8 Å². The molecule has 2 aromatic rings. The zero-order valence-corrected chi connectivity index (χ0v) is 21.3. The van der Waals surface area contributed by atoms with E-state index in [1.54, 1.807) is 7.11 Å². The number of anilines is 1. The Morgan fingerprint density at radius 1 is 1.09 bits per heavy atom. The Labute approximate surface area is 207 Å². The summed E-state index contributed by atoms with van der Waals surface area (Å²) in [6, 6.07) is 14.2. The molecule has 0 spiro atoms. The molecule has 2 N–H and O–H groups in total. The molecular formula is C25H37N5O3S. The largest absolute Gasteiger partial charge is 0.497 e. The molecular weight excluding hydrogens is 450 g/mol. The molecule has 8 nitrogen and oxygen atoms in total. The van der Waals surface area contributed by atoms with Crippen molar-refractivity contribution in [2.75, 3.05) is 44.9 Å². The maximum Gasteiger partial charge on any atom is 0.323 e. The summed E-state index contributed by atoms with van der Waals surface area (Å²) in [5.41, 5.74) is 6.77. The first-order valence-electron chi connectivity index (χ1n) is 11.6. The van der Waals surface area contributed by atoms with Crippen LogP contribution in [-0.2, 0) is 6.54 Å². The van der Waals surface area contributed by atoms with Gasteiger partial charge in [-0.15, -0.1) is 11.8 Å². The van der Waals surface area contributed by atoms with Crippen molar-refractivity contribution in [1.29, 1.82) is 0 Å². The average molecular weight is 488 g/mol. The lowest BCUT2D eigenvalue weighted by Gasteiger charge is -2.27. The van der Waals surface area contributed by atoms with Crippen LogP contribution >= 0.6 is 11.8 Å². The van der Waals surface area contributed by atoms with Crippen LogP contribution in [0.15, 0.2) is 59.4 Å². The maximum atomic E-state index is 10.8. The van der Waals surface area contributed by atoms with Crippen molar-refractivity contribution in [1.82, 2.24) is 9.88 Å². The van der Waals surface area contributed by atoms with Crippen LogP contribution in [0.25, 0.3) is 0 Å². The summed E-state index contributed by atoms with van der Waals surface area (Å²) >= 11 is 1.37. The van der Waals surface area contributed by atoms with Gasteiger partial charge in [0.05, 0.1) is 12.0 Å². The molecule has 0 saturated heterocycles. The number of benzene rings is 1. The smallest absolute Gasteiger partial charge is 0.323 e. The van der Waals surface area contributed by atoms with Crippen LogP contribution in [0.5, 0.6) is 5.75 Å². The fourth-order valence-electron chi connectivity index (χ4n) is 3.63. The highest BCUT2D eigenvalue weighted by molar-refractivity contribution is 8.02. The normalized spacial score (nSPS) is 11.9. The van der Waals surface area contributed by atoms with E-state index >= 15 is 0 Å². The molecule has 0 amide bonds. The second-order valence-electron chi connectivity index (χ2n) is 8.19. The molecule has 1 heterocycles. The molecule has 0 unspecified atom stereocenters. The number of nitro groups is 1. The Morgan fingerprint density at radius 3 is 2.44 bits per heavy atom. The SMILES string of the molecule is COc1ccc(CN(CCN(C)CCCCCCC(SC)=C(N)[N+](=O)[O-])c2ccccn2)cc1. The van der Waals surface area contributed by atoms with E-state index < -0.39 is 4.92 Å². The molecule has 0 aliphatic rings. The number of unbranched alkanes of at least 4 members (excludes halogenated alkanes) is 3. The third-order valence-electron chi connectivity index (χ3n) is 5.68. The van der Waals surface area contributed by atoms with Crippen molar-refractivity contribution in [3.8, 4) is 5.75 Å². The van der Waals surface area contributed by atoms with Crippen LogP contribution in [0.4, 0.5) is 5.82 Å². The van der Waals surface area contributed by atoms with Gasteiger partial charge in [0, 0.05) is 25.8 Å². The summed E-state index contributed by atoms with van der Waals surface area (Å²) in [4.78, 5) is 20.2. The number of hydrogen-bond donors (Lipinski definition) is 1. The van der Waals surface area contributed by atoms with Gasteiger partial charge in [0.15, 0.2) is 0 Å². The van der Waals surface area contributed by atoms with E-state index in [1.807, 2.05) is 42.8 Å². The van der Waals surface area contributed by atoms with Gasteiger partial charge in [-0.1, -0.05) is 31.0 Å². The van der Waals surface area contributed by atoms with Crippen LogP contribution in [-0.4, -0.2) is 54.9 Å². The van der Waals surface area contributed by atoms with E-state index in [4.69, 9.17) is 10.5 Å². The number of allylic oxidation sites excluding steroid dienone is 1. The van der Waals surface area contributed by atoms with Crippen molar-refractivity contribution in [3.63, 3.8) is 0 Å². The number of ether oxygens (including phenoxy) is 1. The first kappa shape index (κ1) is 27.5. The highest BCUT2D eigenvalue weighted by atomic mass is 32.2. The first-order valence-corrected chi connectivity index (χ1v) is 12.8. The van der Waals surface area contributed by atoms with E-state index in [9.17, 15) is 10.1 Å². The van der Waals surface area contributed by atoms with Crippen LogP contribution in [0.3, 0.4) is 0 Å². The number of hydrogen-bond acceptors (Lipinski definition) is 8. The average Bonchev–Trinajstić information content (AvgIpc) is 2.86. The molecule has 0 aliphatic carbocycles. The molecule has 0 saturated carbocycles. The second kappa shape index (κ2) is 15.2. The zero-order chi connectivity index (χ0) is 24.8. The van der Waals surface area contributed by atoms with Gasteiger partial charge in [-0.05, 0) is 73.9 Å². The monoisotopic (exact) mass is 487 g/mol. The molecule has 1 aromatic heterocycles. The summed E-state index contributed by atoms with van der Waals surface area (Å²) in [5.74, 6) is 1.62. The Bertz CT molecular complexity index is 893. The molecule has 186 valence electrons. The number of nitrogens with zero attached hydrogens (tertiary/aromatic N) is 4.